The fourth-order valence-corrected chi connectivity index (χ4v) is 4.86. The SMILES string of the molecule is Cc1nc(N[C@H](C)c2cccc(C(F)(F)[C@@H]3CCCO3)c2F)c2cn(C3(C(F)F)CC3)c(=O)c(F)c2n1. The first kappa shape index (κ1) is 25.5. The average molecular weight is 526 g/mol. The monoisotopic (exact) mass is 526 g/mol. The van der Waals surface area contributed by atoms with Gasteiger partial charge in [-0.25, -0.2) is 23.1 Å². The topological polar surface area (TPSA) is 69.0 Å². The summed E-state index contributed by atoms with van der Waals surface area (Å²) in [5.74, 6) is -5.98. The van der Waals surface area contributed by atoms with Gasteiger partial charge in [-0.2, -0.15) is 13.2 Å². The highest BCUT2D eigenvalue weighted by Crippen LogP contribution is 2.48. The Morgan fingerprint density at radius 2 is 1.92 bits per heavy atom. The number of halogens is 6. The molecule has 1 aromatic carbocycles. The van der Waals surface area contributed by atoms with Gasteiger partial charge in [-0.05, 0) is 45.6 Å². The number of ether oxygens (including phenoxy) is 1. The summed E-state index contributed by atoms with van der Waals surface area (Å²) in [7, 11) is 0. The van der Waals surface area contributed by atoms with Crippen LogP contribution in [0.1, 0.15) is 55.6 Å². The van der Waals surface area contributed by atoms with Crippen LogP contribution in [0.4, 0.5) is 32.2 Å². The van der Waals surface area contributed by atoms with E-state index in [0.717, 1.165) is 12.3 Å². The van der Waals surface area contributed by atoms with Crippen LogP contribution in [0.15, 0.2) is 29.2 Å². The zero-order chi connectivity index (χ0) is 26.7. The molecule has 198 valence electrons. The minimum Gasteiger partial charge on any atom is -0.372 e. The Labute approximate surface area is 207 Å². The molecular formula is C25H24F6N4O2. The van der Waals surface area contributed by atoms with Crippen molar-refractivity contribution in [2.75, 3.05) is 11.9 Å². The minimum absolute atomic E-state index is 0.00166. The molecule has 1 saturated heterocycles. The normalized spacial score (nSPS) is 20.0. The molecule has 12 heteroatoms. The Morgan fingerprint density at radius 3 is 2.54 bits per heavy atom. The molecule has 37 heavy (non-hydrogen) atoms. The van der Waals surface area contributed by atoms with E-state index in [-0.39, 0.29) is 54.0 Å². The van der Waals surface area contributed by atoms with Crippen LogP contribution >= 0.6 is 0 Å². The van der Waals surface area contributed by atoms with Crippen molar-refractivity contribution in [1.82, 2.24) is 14.5 Å². The molecule has 1 saturated carbocycles. The number of pyridine rings is 1. The van der Waals surface area contributed by atoms with E-state index in [4.69, 9.17) is 4.74 Å². The molecular weight excluding hydrogens is 502 g/mol. The van der Waals surface area contributed by atoms with Crippen LogP contribution in [-0.4, -0.2) is 33.7 Å². The highest BCUT2D eigenvalue weighted by molar-refractivity contribution is 5.89. The number of rotatable bonds is 7. The zero-order valence-corrected chi connectivity index (χ0v) is 20.0. The van der Waals surface area contributed by atoms with E-state index in [1.807, 2.05) is 0 Å². The largest absolute Gasteiger partial charge is 0.372 e. The molecule has 2 fully saturated rings. The van der Waals surface area contributed by atoms with E-state index in [9.17, 15) is 13.6 Å². The number of alkyl halides is 4. The first-order valence-corrected chi connectivity index (χ1v) is 11.9. The minimum atomic E-state index is -3.55. The Bertz CT molecular complexity index is 1420. The van der Waals surface area contributed by atoms with Crippen molar-refractivity contribution in [3.05, 3.63) is 63.3 Å². The van der Waals surface area contributed by atoms with Gasteiger partial charge in [-0.15, -0.1) is 0 Å². The van der Waals surface area contributed by atoms with Gasteiger partial charge in [0.25, 0.3) is 12.0 Å². The molecule has 0 spiro atoms. The number of benzene rings is 1. The van der Waals surface area contributed by atoms with Crippen LogP contribution in [0.3, 0.4) is 0 Å². The lowest BCUT2D eigenvalue weighted by atomic mass is 9.96. The Morgan fingerprint density at radius 1 is 1.19 bits per heavy atom. The molecule has 3 aromatic rings. The van der Waals surface area contributed by atoms with Crippen molar-refractivity contribution >= 4 is 16.7 Å². The van der Waals surface area contributed by atoms with Crippen LogP contribution in [0.2, 0.25) is 0 Å². The predicted molar refractivity (Wildman–Crippen MR) is 123 cm³/mol. The van der Waals surface area contributed by atoms with Crippen molar-refractivity contribution in [2.24, 2.45) is 0 Å². The van der Waals surface area contributed by atoms with E-state index in [2.05, 4.69) is 15.3 Å². The van der Waals surface area contributed by atoms with Crippen LogP contribution in [0, 0.1) is 18.6 Å². The third-order valence-corrected chi connectivity index (χ3v) is 7.12. The number of aryl methyl sites for hydroxylation is 1. The molecule has 0 bridgehead atoms. The van der Waals surface area contributed by atoms with E-state index < -0.39 is 52.8 Å². The van der Waals surface area contributed by atoms with Gasteiger partial charge in [0.15, 0.2) is 0 Å². The second-order valence-electron chi connectivity index (χ2n) is 9.60. The molecule has 6 nitrogen and oxygen atoms in total. The van der Waals surface area contributed by atoms with E-state index in [1.165, 1.54) is 26.0 Å². The maximum absolute atomic E-state index is 15.4. The van der Waals surface area contributed by atoms with Gasteiger partial charge < -0.3 is 14.6 Å². The second kappa shape index (κ2) is 9.00. The van der Waals surface area contributed by atoms with E-state index >= 15 is 17.6 Å². The molecule has 3 heterocycles. The molecule has 0 unspecified atom stereocenters. The van der Waals surface area contributed by atoms with Crippen molar-refractivity contribution in [3.63, 3.8) is 0 Å². The van der Waals surface area contributed by atoms with Gasteiger partial charge in [0.05, 0.1) is 17.0 Å². The number of anilines is 1. The highest BCUT2D eigenvalue weighted by atomic mass is 19.3. The van der Waals surface area contributed by atoms with Crippen LogP contribution in [-0.2, 0) is 16.2 Å². The zero-order valence-electron chi connectivity index (χ0n) is 20.0. The van der Waals surface area contributed by atoms with Crippen LogP contribution in [0.25, 0.3) is 10.9 Å². The number of nitrogens with zero attached hydrogens (tertiary/aromatic N) is 3. The Kier molecular flexibility index (Phi) is 6.20. The summed E-state index contributed by atoms with van der Waals surface area (Å²) in [5.41, 5.74) is -4.33. The molecule has 0 radical (unpaired) electrons. The second-order valence-corrected chi connectivity index (χ2v) is 9.60. The van der Waals surface area contributed by atoms with Crippen molar-refractivity contribution in [2.45, 2.75) is 69.6 Å². The van der Waals surface area contributed by atoms with Crippen LogP contribution < -0.4 is 10.9 Å². The number of hydrogen-bond acceptors (Lipinski definition) is 5. The molecule has 1 aliphatic heterocycles. The quantitative estimate of drug-likeness (QED) is 0.408. The molecule has 2 atom stereocenters. The summed E-state index contributed by atoms with van der Waals surface area (Å²) >= 11 is 0. The molecule has 5 rings (SSSR count). The Balaban J connectivity index is 1.56. The summed E-state index contributed by atoms with van der Waals surface area (Å²) in [6, 6.07) is 2.68. The van der Waals surface area contributed by atoms with Crippen molar-refractivity contribution < 1.29 is 31.1 Å². The number of fused-ring (bicyclic) bond motifs is 1. The third-order valence-electron chi connectivity index (χ3n) is 7.12. The first-order valence-electron chi connectivity index (χ1n) is 11.9. The molecule has 2 aliphatic rings. The lowest BCUT2D eigenvalue weighted by Crippen LogP contribution is -2.37. The number of hydrogen-bond donors (Lipinski definition) is 1. The Hall–Kier alpha value is -3.15. The summed E-state index contributed by atoms with van der Waals surface area (Å²) in [6.07, 6.45) is -2.70. The summed E-state index contributed by atoms with van der Waals surface area (Å²) in [6.45, 7) is 3.10. The predicted octanol–water partition coefficient (Wildman–Crippen LogP) is 5.58. The lowest BCUT2D eigenvalue weighted by Gasteiger charge is -2.25. The first-order chi connectivity index (χ1) is 17.5. The average Bonchev–Trinajstić information content (AvgIpc) is 3.46. The number of nitrogens with one attached hydrogen (secondary N) is 1. The van der Waals surface area contributed by atoms with Crippen molar-refractivity contribution in [1.29, 1.82) is 0 Å². The molecule has 2 aromatic heterocycles. The molecule has 0 amide bonds. The smallest absolute Gasteiger partial charge is 0.301 e. The van der Waals surface area contributed by atoms with Gasteiger partial charge >= 0.3 is 5.92 Å². The van der Waals surface area contributed by atoms with Crippen LogP contribution in [0.5, 0.6) is 0 Å². The van der Waals surface area contributed by atoms with Gasteiger partial charge in [-0.3, -0.25) is 4.79 Å². The number of aromatic nitrogens is 3. The van der Waals surface area contributed by atoms with Gasteiger partial charge in [-0.1, -0.05) is 12.1 Å². The van der Waals surface area contributed by atoms with Gasteiger partial charge in [0, 0.05) is 18.4 Å². The van der Waals surface area contributed by atoms with Gasteiger partial charge in [0.1, 0.15) is 34.6 Å². The fourth-order valence-electron chi connectivity index (χ4n) is 4.86. The lowest BCUT2D eigenvalue weighted by molar-refractivity contribution is -0.124. The van der Waals surface area contributed by atoms with E-state index in [0.29, 0.717) is 11.0 Å². The fraction of sp³-hybridized carbons (Fsp3) is 0.480. The maximum atomic E-state index is 15.4. The summed E-state index contributed by atoms with van der Waals surface area (Å²) < 4.78 is 93.7. The van der Waals surface area contributed by atoms with Crippen molar-refractivity contribution in [3.8, 4) is 0 Å². The molecule has 1 N–H and O–H groups in total. The molecule has 1 aliphatic carbocycles. The summed E-state index contributed by atoms with van der Waals surface area (Å²) in [4.78, 5) is 20.7. The third kappa shape index (κ3) is 4.14. The highest BCUT2D eigenvalue weighted by Gasteiger charge is 2.54. The van der Waals surface area contributed by atoms with E-state index in [1.54, 1.807) is 0 Å². The standard InChI is InChI=1S/C25H24F6N4O2/c1-12(14-5-3-6-16(18(14)26)25(30,31)17-7-4-10-37-17)32-21-15-11-35(24(8-9-24)23(28)29)22(36)19(27)20(15)33-13(2)34-21/h3,5-6,11-12,17,23H,4,7-10H2,1-2H3,(H,32,33,34)/t12-,17+/m1/s1. The maximum Gasteiger partial charge on any atom is 0.301 e. The summed E-state index contributed by atoms with van der Waals surface area (Å²) in [5, 5.41) is 2.80. The van der Waals surface area contributed by atoms with Gasteiger partial charge in [0.2, 0.25) is 5.82 Å².